The molecular formula is C31H42N6O2S. The number of nitrogens with one attached hydrogen (secondary N) is 2. The Kier molecular flexibility index (Phi) is 8.42. The molecule has 0 bridgehead atoms. The van der Waals surface area contributed by atoms with Crippen molar-refractivity contribution in [2.45, 2.75) is 74.7 Å². The molecule has 1 aliphatic carbocycles. The highest BCUT2D eigenvalue weighted by atomic mass is 32.2. The van der Waals surface area contributed by atoms with Gasteiger partial charge in [-0.1, -0.05) is 30.3 Å². The molecule has 0 radical (unpaired) electrons. The third-order valence-corrected chi connectivity index (χ3v) is 9.83. The van der Waals surface area contributed by atoms with Gasteiger partial charge in [-0.25, -0.2) is 4.98 Å². The first-order valence-corrected chi connectivity index (χ1v) is 15.1. The topological polar surface area (TPSA) is 82.6 Å². The van der Waals surface area contributed by atoms with E-state index in [2.05, 4.69) is 41.5 Å². The molecule has 5 rings (SSSR count). The maximum Gasteiger partial charge on any atom is 0.225 e. The standard InChI is InChI=1S/C31H42N6O2S/c1-20(38)37-27(31(2,3)40-29(37)24-12-8-10-14-26(24)39-6)19-32-21-15-17-22(18-16-21)33-30-34-25-13-9-7-11-23(25)28(35-30)36(4)5/h7-14,21-22,27,29,32H,15-19H2,1-6H3,(H,33,34,35)/t21?,22?,27-,29-/m0/s1. The lowest BCUT2D eigenvalue weighted by Crippen LogP contribution is -2.51. The number of ether oxygens (including phenoxy) is 1. The molecule has 0 spiro atoms. The van der Waals surface area contributed by atoms with Crippen LogP contribution in [0.25, 0.3) is 10.9 Å². The summed E-state index contributed by atoms with van der Waals surface area (Å²) in [6.45, 7) is 6.96. The molecule has 2 heterocycles. The van der Waals surface area contributed by atoms with E-state index >= 15 is 0 Å². The molecule has 214 valence electrons. The van der Waals surface area contributed by atoms with E-state index in [-0.39, 0.29) is 22.1 Å². The van der Waals surface area contributed by atoms with Crippen LogP contribution >= 0.6 is 11.8 Å². The second kappa shape index (κ2) is 11.8. The second-order valence-corrected chi connectivity index (χ2v) is 13.4. The highest BCUT2D eigenvalue weighted by molar-refractivity contribution is 8.01. The van der Waals surface area contributed by atoms with Gasteiger partial charge < -0.3 is 25.2 Å². The Balaban J connectivity index is 1.21. The minimum absolute atomic E-state index is 0.0654. The third kappa shape index (κ3) is 5.86. The number of thioether (sulfide) groups is 1. The van der Waals surface area contributed by atoms with Crippen molar-refractivity contribution in [3.05, 3.63) is 54.1 Å². The first-order chi connectivity index (χ1) is 19.2. The Bertz CT molecular complexity index is 1340. The van der Waals surface area contributed by atoms with Crippen LogP contribution in [0.4, 0.5) is 11.8 Å². The average Bonchev–Trinajstić information content (AvgIpc) is 3.22. The van der Waals surface area contributed by atoms with Crippen LogP contribution < -0.4 is 20.3 Å². The smallest absolute Gasteiger partial charge is 0.225 e. The fraction of sp³-hybridized carbons (Fsp3) is 0.516. The molecule has 1 aromatic heterocycles. The lowest BCUT2D eigenvalue weighted by atomic mass is 9.90. The van der Waals surface area contributed by atoms with Gasteiger partial charge in [0.05, 0.1) is 18.7 Å². The first kappa shape index (κ1) is 28.5. The highest BCUT2D eigenvalue weighted by Crippen LogP contribution is 2.53. The number of benzene rings is 2. The summed E-state index contributed by atoms with van der Waals surface area (Å²) in [5, 5.41) is 8.44. The zero-order chi connectivity index (χ0) is 28.4. The van der Waals surface area contributed by atoms with E-state index in [4.69, 9.17) is 14.7 Å². The number of amides is 1. The van der Waals surface area contributed by atoms with E-state index in [1.807, 2.05) is 67.2 Å². The van der Waals surface area contributed by atoms with Crippen LogP contribution in [0.3, 0.4) is 0 Å². The Labute approximate surface area is 242 Å². The predicted molar refractivity (Wildman–Crippen MR) is 165 cm³/mol. The van der Waals surface area contributed by atoms with E-state index in [1.54, 1.807) is 14.0 Å². The largest absolute Gasteiger partial charge is 0.496 e. The molecule has 2 aliphatic rings. The van der Waals surface area contributed by atoms with Gasteiger partial charge in [0.25, 0.3) is 0 Å². The van der Waals surface area contributed by atoms with Crippen molar-refractivity contribution in [1.82, 2.24) is 20.2 Å². The van der Waals surface area contributed by atoms with Gasteiger partial charge in [-0.05, 0) is 57.7 Å². The van der Waals surface area contributed by atoms with Gasteiger partial charge in [0.1, 0.15) is 16.9 Å². The summed E-state index contributed by atoms with van der Waals surface area (Å²) in [7, 11) is 5.73. The number of nitrogens with zero attached hydrogens (tertiary/aromatic N) is 4. The van der Waals surface area contributed by atoms with Gasteiger partial charge >= 0.3 is 0 Å². The van der Waals surface area contributed by atoms with Gasteiger partial charge in [-0.2, -0.15) is 4.98 Å². The number of fused-ring (bicyclic) bond motifs is 1. The van der Waals surface area contributed by atoms with Crippen LogP contribution in [0, 0.1) is 0 Å². The van der Waals surface area contributed by atoms with Crippen LogP contribution in [0.1, 0.15) is 57.4 Å². The Morgan fingerprint density at radius 1 is 1.05 bits per heavy atom. The molecule has 0 unspecified atom stereocenters. The van der Waals surface area contributed by atoms with E-state index < -0.39 is 0 Å². The van der Waals surface area contributed by atoms with E-state index in [0.717, 1.165) is 60.3 Å². The van der Waals surface area contributed by atoms with Gasteiger partial charge in [0, 0.05) is 55.3 Å². The van der Waals surface area contributed by atoms with E-state index in [0.29, 0.717) is 18.0 Å². The molecule has 1 saturated heterocycles. The zero-order valence-corrected chi connectivity index (χ0v) is 25.3. The summed E-state index contributed by atoms with van der Waals surface area (Å²) >= 11 is 1.84. The lowest BCUT2D eigenvalue weighted by Gasteiger charge is -2.36. The molecule has 2 atom stereocenters. The Morgan fingerprint density at radius 3 is 2.42 bits per heavy atom. The average molecular weight is 563 g/mol. The zero-order valence-electron chi connectivity index (χ0n) is 24.5. The molecule has 3 aromatic rings. The van der Waals surface area contributed by atoms with Crippen LogP contribution in [0.15, 0.2) is 48.5 Å². The van der Waals surface area contributed by atoms with Crippen LogP contribution in [-0.2, 0) is 4.79 Å². The summed E-state index contributed by atoms with van der Waals surface area (Å²) in [5.74, 6) is 2.56. The minimum Gasteiger partial charge on any atom is -0.496 e. The quantitative estimate of drug-likeness (QED) is 0.375. The fourth-order valence-corrected chi connectivity index (χ4v) is 7.76. The van der Waals surface area contributed by atoms with E-state index in [9.17, 15) is 4.79 Å². The third-order valence-electron chi connectivity index (χ3n) is 8.24. The monoisotopic (exact) mass is 562 g/mol. The molecule has 8 nitrogen and oxygen atoms in total. The SMILES string of the molecule is COc1ccccc1[C@@H]1SC(C)(C)[C@H](CNC2CCC(Nc3nc(N(C)C)c4ccccc4n3)CC2)N1C(C)=O. The van der Waals surface area contributed by atoms with Crippen molar-refractivity contribution in [1.29, 1.82) is 0 Å². The van der Waals surface area contributed by atoms with Gasteiger partial charge in [0.15, 0.2) is 0 Å². The van der Waals surface area contributed by atoms with Crippen molar-refractivity contribution in [2.75, 3.05) is 38.0 Å². The number of methoxy groups -OCH3 is 1. The highest BCUT2D eigenvalue weighted by Gasteiger charge is 2.49. The summed E-state index contributed by atoms with van der Waals surface area (Å²) in [6, 6.07) is 17.1. The maximum atomic E-state index is 13.0. The molecule has 40 heavy (non-hydrogen) atoms. The number of hydrogen-bond acceptors (Lipinski definition) is 8. The summed E-state index contributed by atoms with van der Waals surface area (Å²) in [5.41, 5.74) is 2.01. The first-order valence-electron chi connectivity index (χ1n) is 14.2. The van der Waals surface area contributed by atoms with Crippen molar-refractivity contribution in [3.8, 4) is 5.75 Å². The predicted octanol–water partition coefficient (Wildman–Crippen LogP) is 5.46. The molecule has 9 heteroatoms. The summed E-state index contributed by atoms with van der Waals surface area (Å²) < 4.78 is 5.56. The number of aromatic nitrogens is 2. The van der Waals surface area contributed by atoms with Crippen molar-refractivity contribution >= 4 is 40.3 Å². The van der Waals surface area contributed by atoms with Crippen molar-refractivity contribution in [3.63, 3.8) is 0 Å². The lowest BCUT2D eigenvalue weighted by molar-refractivity contribution is -0.131. The van der Waals surface area contributed by atoms with Gasteiger partial charge in [0.2, 0.25) is 11.9 Å². The summed E-state index contributed by atoms with van der Waals surface area (Å²) in [6.07, 6.45) is 4.24. The second-order valence-electron chi connectivity index (χ2n) is 11.6. The Morgan fingerprint density at radius 2 is 1.73 bits per heavy atom. The summed E-state index contributed by atoms with van der Waals surface area (Å²) in [4.78, 5) is 26.7. The molecule has 2 aromatic carbocycles. The number of rotatable bonds is 8. The molecule has 1 aliphatic heterocycles. The van der Waals surface area contributed by atoms with Crippen LogP contribution in [0.2, 0.25) is 0 Å². The normalized spacial score (nSPS) is 24.2. The number of hydrogen-bond donors (Lipinski definition) is 2. The van der Waals surface area contributed by atoms with Gasteiger partial charge in [-0.3, -0.25) is 4.79 Å². The Hall–Kier alpha value is -3.04. The van der Waals surface area contributed by atoms with Crippen molar-refractivity contribution in [2.24, 2.45) is 0 Å². The molecule has 1 saturated carbocycles. The molecular weight excluding hydrogens is 520 g/mol. The maximum absolute atomic E-state index is 13.0. The number of anilines is 2. The number of para-hydroxylation sites is 2. The molecule has 2 N–H and O–H groups in total. The molecule has 1 amide bonds. The number of carbonyl (C=O) groups is 1. The molecule has 2 fully saturated rings. The van der Waals surface area contributed by atoms with E-state index in [1.165, 1.54) is 0 Å². The van der Waals surface area contributed by atoms with Crippen molar-refractivity contribution < 1.29 is 9.53 Å². The van der Waals surface area contributed by atoms with Crippen LogP contribution in [-0.4, -0.2) is 71.4 Å². The number of carbonyl (C=O) groups excluding carboxylic acids is 1. The van der Waals surface area contributed by atoms with Crippen LogP contribution in [0.5, 0.6) is 5.75 Å². The van der Waals surface area contributed by atoms with Gasteiger partial charge in [-0.15, -0.1) is 11.8 Å². The fourth-order valence-electron chi connectivity index (χ4n) is 6.10. The minimum atomic E-state index is -0.0967.